The van der Waals surface area contributed by atoms with E-state index in [1.165, 1.54) is 75.3 Å². The van der Waals surface area contributed by atoms with E-state index in [4.69, 9.17) is 14.2 Å². The van der Waals surface area contributed by atoms with Crippen molar-refractivity contribution in [1.29, 1.82) is 0 Å². The number of carbonyl (C=O) groups is 1. The van der Waals surface area contributed by atoms with Gasteiger partial charge in [0.25, 0.3) is 0 Å². The Morgan fingerprint density at radius 1 is 1.08 bits per heavy atom. The van der Waals surface area contributed by atoms with E-state index in [0.29, 0.717) is 40.1 Å². The van der Waals surface area contributed by atoms with Gasteiger partial charge in [0.2, 0.25) is 5.76 Å². The van der Waals surface area contributed by atoms with Gasteiger partial charge in [0.05, 0.1) is 18.8 Å². The molecule has 48 heavy (non-hydrogen) atoms. The van der Waals surface area contributed by atoms with Crippen molar-refractivity contribution in [2.24, 2.45) is 29.1 Å². The molecule has 1 spiro atoms. The van der Waals surface area contributed by atoms with E-state index in [0.717, 1.165) is 50.8 Å². The van der Waals surface area contributed by atoms with Crippen LogP contribution in [0.25, 0.3) is 0 Å². The average molecular weight is 658 g/mol. The lowest BCUT2D eigenvalue weighted by Gasteiger charge is -2.49. The lowest BCUT2D eigenvalue weighted by molar-refractivity contribution is -0.133. The van der Waals surface area contributed by atoms with E-state index in [1.54, 1.807) is 14.0 Å². The number of fused-ring (bicyclic) bond motifs is 3. The third-order valence-corrected chi connectivity index (χ3v) is 13.4. The van der Waals surface area contributed by atoms with Gasteiger partial charge < -0.3 is 19.3 Å². The van der Waals surface area contributed by atoms with E-state index in [-0.39, 0.29) is 36.0 Å². The van der Waals surface area contributed by atoms with E-state index in [9.17, 15) is 9.90 Å². The van der Waals surface area contributed by atoms with Crippen molar-refractivity contribution >= 4 is 5.97 Å². The topological polar surface area (TPSA) is 68.2 Å². The van der Waals surface area contributed by atoms with Crippen molar-refractivity contribution in [3.8, 4) is 0 Å². The molecule has 262 valence electrons. The van der Waals surface area contributed by atoms with Crippen molar-refractivity contribution in [1.82, 2.24) is 4.90 Å². The summed E-state index contributed by atoms with van der Waals surface area (Å²) in [5.41, 5.74) is 3.86. The Bertz CT molecular complexity index is 1430. The van der Waals surface area contributed by atoms with Gasteiger partial charge >= 0.3 is 5.97 Å². The number of unbranched alkanes of at least 4 members (excludes halogenated alkanes) is 2. The van der Waals surface area contributed by atoms with E-state index in [1.807, 2.05) is 0 Å². The third-order valence-electron chi connectivity index (χ3n) is 13.4. The number of esters is 1. The summed E-state index contributed by atoms with van der Waals surface area (Å²) in [6.45, 7) is 7.20. The highest BCUT2D eigenvalue weighted by molar-refractivity contribution is 5.93. The summed E-state index contributed by atoms with van der Waals surface area (Å²) in [4.78, 5) is 15.3. The van der Waals surface area contributed by atoms with Crippen LogP contribution in [0.1, 0.15) is 122 Å². The van der Waals surface area contributed by atoms with Gasteiger partial charge in [-0.05, 0) is 112 Å². The Labute approximate surface area is 289 Å². The summed E-state index contributed by atoms with van der Waals surface area (Å²) in [5, 5.41) is 12.3. The van der Waals surface area contributed by atoms with Crippen molar-refractivity contribution in [2.75, 3.05) is 13.7 Å². The molecular formula is C42H59NO5. The minimum atomic E-state index is -0.363. The van der Waals surface area contributed by atoms with Crippen LogP contribution in [0.15, 0.2) is 59.0 Å². The van der Waals surface area contributed by atoms with Crippen LogP contribution in [-0.4, -0.2) is 47.8 Å². The van der Waals surface area contributed by atoms with Gasteiger partial charge in [-0.25, -0.2) is 4.79 Å². The number of nitrogens with zero attached hydrogens (tertiary/aromatic N) is 1. The Morgan fingerprint density at radius 3 is 2.67 bits per heavy atom. The zero-order chi connectivity index (χ0) is 33.4. The normalized spacial score (nSPS) is 33.7. The first-order valence-corrected chi connectivity index (χ1v) is 19.4. The molecule has 0 amide bonds. The molecule has 1 N–H and O–H groups in total. The third kappa shape index (κ3) is 6.41. The molecule has 1 aromatic carbocycles. The molecule has 2 aliphatic carbocycles. The molecule has 6 heteroatoms. The van der Waals surface area contributed by atoms with Crippen LogP contribution < -0.4 is 0 Å². The highest BCUT2D eigenvalue weighted by Gasteiger charge is 2.52. The van der Waals surface area contributed by atoms with Crippen molar-refractivity contribution in [3.63, 3.8) is 0 Å². The van der Waals surface area contributed by atoms with Gasteiger partial charge in [0, 0.05) is 30.5 Å². The molecule has 2 saturated heterocycles. The molecule has 7 rings (SSSR count). The second-order valence-electron chi connectivity index (χ2n) is 16.2. The number of benzene rings is 1. The molecular weight excluding hydrogens is 598 g/mol. The average Bonchev–Trinajstić information content (AvgIpc) is 3.83. The Kier molecular flexibility index (Phi) is 10.1. The second kappa shape index (κ2) is 14.3. The van der Waals surface area contributed by atoms with Crippen LogP contribution in [0, 0.1) is 29.1 Å². The number of ether oxygens (including phenoxy) is 3. The molecule has 6 aliphatic rings. The summed E-state index contributed by atoms with van der Waals surface area (Å²) in [6.07, 6.45) is 21.3. The standard InChI is InChI=1S/C42H59NO5/c1-5-6-7-13-29-14-10-15-30(22-29)23-31-24-33(35(44)26-32-16-11-20-42(32)18-8-9-19-42)43-21-12-17-36-37(34(43)25-31)27(2)39(47-36)40-38(46-4)28(3)41(45)48-40/h10,14-15,17,22,27,31-35,37,44H,5-9,11-13,16,18-21,23-26H2,1-4H3/t27-,31+,32+,33-,34+,35-,37-/m0/s1. The maximum Gasteiger partial charge on any atom is 0.343 e. The molecule has 0 radical (unpaired) electrons. The van der Waals surface area contributed by atoms with Crippen molar-refractivity contribution < 1.29 is 24.1 Å². The summed E-state index contributed by atoms with van der Waals surface area (Å²) >= 11 is 0. The smallest absolute Gasteiger partial charge is 0.343 e. The van der Waals surface area contributed by atoms with Crippen LogP contribution in [0.2, 0.25) is 0 Å². The Morgan fingerprint density at radius 2 is 1.88 bits per heavy atom. The van der Waals surface area contributed by atoms with Crippen LogP contribution in [0.3, 0.4) is 0 Å². The van der Waals surface area contributed by atoms with Crippen LogP contribution in [0.4, 0.5) is 0 Å². The Hall–Kier alpha value is -2.57. The fourth-order valence-corrected chi connectivity index (χ4v) is 11.0. The number of hydrogen-bond donors (Lipinski definition) is 1. The fourth-order valence-electron chi connectivity index (χ4n) is 11.0. The number of aliphatic hydroxyl groups is 1. The Balaban J connectivity index is 1.18. The first kappa shape index (κ1) is 33.9. The van der Waals surface area contributed by atoms with E-state index < -0.39 is 0 Å². The zero-order valence-corrected chi connectivity index (χ0v) is 30.0. The van der Waals surface area contributed by atoms with Gasteiger partial charge in [-0.3, -0.25) is 4.90 Å². The largest absolute Gasteiger partial charge is 0.492 e. The maximum absolute atomic E-state index is 12.6. The highest BCUT2D eigenvalue weighted by atomic mass is 16.6. The monoisotopic (exact) mass is 657 g/mol. The van der Waals surface area contributed by atoms with Gasteiger partial charge in [-0.2, -0.15) is 0 Å². The maximum atomic E-state index is 12.6. The van der Waals surface area contributed by atoms with Crippen LogP contribution in [0.5, 0.6) is 0 Å². The lowest BCUT2D eigenvalue weighted by atomic mass is 9.70. The van der Waals surface area contributed by atoms with Gasteiger partial charge in [-0.15, -0.1) is 0 Å². The molecule has 1 aromatic rings. The van der Waals surface area contributed by atoms with Gasteiger partial charge in [-0.1, -0.05) is 70.2 Å². The minimum absolute atomic E-state index is 0.0238. The fraction of sp³-hybridized carbons (Fsp3) is 0.690. The number of aryl methyl sites for hydroxylation is 1. The number of piperidine rings is 1. The number of aliphatic hydroxyl groups excluding tert-OH is 1. The summed E-state index contributed by atoms with van der Waals surface area (Å²) in [5.74, 6) is 3.57. The molecule has 0 aromatic heterocycles. The summed E-state index contributed by atoms with van der Waals surface area (Å²) < 4.78 is 18.1. The highest BCUT2D eigenvalue weighted by Crippen LogP contribution is 2.56. The van der Waals surface area contributed by atoms with Gasteiger partial charge in [0.1, 0.15) is 5.76 Å². The van der Waals surface area contributed by atoms with Gasteiger partial charge in [0.15, 0.2) is 11.5 Å². The number of hydrogen-bond acceptors (Lipinski definition) is 6. The molecule has 7 atom stereocenters. The van der Waals surface area contributed by atoms with E-state index >= 15 is 0 Å². The number of allylic oxidation sites excluding steroid dienone is 1. The van der Waals surface area contributed by atoms with Crippen LogP contribution >= 0.6 is 0 Å². The molecule has 0 unspecified atom stereocenters. The first-order valence-electron chi connectivity index (χ1n) is 19.4. The first-order chi connectivity index (χ1) is 23.3. The van der Waals surface area contributed by atoms with Crippen molar-refractivity contribution in [2.45, 2.75) is 142 Å². The number of carbonyl (C=O) groups excluding carboxylic acids is 1. The number of rotatable bonds is 10. The lowest BCUT2D eigenvalue weighted by Crippen LogP contribution is -2.57. The predicted molar refractivity (Wildman–Crippen MR) is 189 cm³/mol. The van der Waals surface area contributed by atoms with E-state index in [2.05, 4.69) is 49.1 Å². The molecule has 2 saturated carbocycles. The molecule has 4 heterocycles. The van der Waals surface area contributed by atoms with Crippen molar-refractivity contribution in [3.05, 3.63) is 70.1 Å². The minimum Gasteiger partial charge on any atom is -0.492 e. The summed E-state index contributed by atoms with van der Waals surface area (Å²) in [6, 6.07) is 9.70. The molecule has 0 bridgehead atoms. The molecule has 4 fully saturated rings. The number of methoxy groups -OCH3 is 1. The van der Waals surface area contributed by atoms with Crippen LogP contribution in [-0.2, 0) is 31.8 Å². The molecule has 4 aliphatic heterocycles. The molecule has 6 nitrogen and oxygen atoms in total. The second-order valence-corrected chi connectivity index (χ2v) is 16.2. The number of cyclic esters (lactones) is 1. The quantitative estimate of drug-likeness (QED) is 0.200. The zero-order valence-electron chi connectivity index (χ0n) is 30.0. The SMILES string of the molecule is CCCCCc1cccc(C[C@H]2C[C@@H]3[C@H]4C(=CCCN3[C@H]([C@@H](O)C[C@H]3CCCC35CCCC5)C2)OC(=C2OC(=O)C(C)=C2OC)[C@H]4C)c1. The predicted octanol–water partition coefficient (Wildman–Crippen LogP) is 8.78. The summed E-state index contributed by atoms with van der Waals surface area (Å²) in [7, 11) is 1.59.